The van der Waals surface area contributed by atoms with Crippen molar-refractivity contribution in [1.82, 2.24) is 19.3 Å². The van der Waals surface area contributed by atoms with Gasteiger partial charge in [0.2, 0.25) is 0 Å². The third kappa shape index (κ3) is 1.65. The summed E-state index contributed by atoms with van der Waals surface area (Å²) in [5.74, 6) is 0.967. The molecule has 0 bridgehead atoms. The second-order valence-corrected chi connectivity index (χ2v) is 4.05. The van der Waals surface area contributed by atoms with Crippen LogP contribution < -0.4 is 5.73 Å². The Morgan fingerprint density at radius 2 is 2.12 bits per heavy atom. The van der Waals surface area contributed by atoms with Gasteiger partial charge < -0.3 is 10.3 Å². The minimum Gasteiger partial charge on any atom is -0.396 e. The van der Waals surface area contributed by atoms with Crippen molar-refractivity contribution in [2.24, 2.45) is 7.05 Å². The number of imidazole rings is 1. The van der Waals surface area contributed by atoms with Crippen LogP contribution in [0.2, 0.25) is 0 Å². The second kappa shape index (κ2) is 3.62. The molecular weight excluding hydrogens is 214 g/mol. The summed E-state index contributed by atoms with van der Waals surface area (Å²) in [7, 11) is 2.01. The molecule has 0 amide bonds. The summed E-state index contributed by atoms with van der Waals surface area (Å²) in [6.45, 7) is 0.627. The lowest BCUT2D eigenvalue weighted by molar-refractivity contribution is 0.636. The number of anilines is 1. The van der Waals surface area contributed by atoms with E-state index in [1.54, 1.807) is 17.1 Å². The van der Waals surface area contributed by atoms with E-state index < -0.39 is 0 Å². The van der Waals surface area contributed by atoms with Crippen LogP contribution in [0, 0.1) is 0 Å². The molecule has 86 valence electrons. The van der Waals surface area contributed by atoms with Crippen LogP contribution in [0.15, 0.2) is 36.7 Å². The Morgan fingerprint density at radius 1 is 1.29 bits per heavy atom. The van der Waals surface area contributed by atoms with Crippen LogP contribution in [0.5, 0.6) is 0 Å². The molecule has 0 radical (unpaired) electrons. The van der Waals surface area contributed by atoms with Gasteiger partial charge in [-0.3, -0.25) is 4.68 Å². The summed E-state index contributed by atoms with van der Waals surface area (Å²) in [5.41, 5.74) is 8.44. The molecule has 0 saturated heterocycles. The molecule has 1 aromatic carbocycles. The van der Waals surface area contributed by atoms with E-state index in [0.717, 1.165) is 16.9 Å². The molecule has 0 aliphatic heterocycles. The molecule has 0 unspecified atom stereocenters. The predicted octanol–water partition coefficient (Wildman–Crippen LogP) is 1.40. The van der Waals surface area contributed by atoms with Crippen LogP contribution >= 0.6 is 0 Å². The van der Waals surface area contributed by atoms with E-state index >= 15 is 0 Å². The standard InChI is InChI=1S/C12H13N5/c1-16-11-5-3-2-4-10(11)15-12(16)8-17-7-9(13)6-14-17/h2-7H,8,13H2,1H3. The van der Waals surface area contributed by atoms with Gasteiger partial charge in [-0.25, -0.2) is 4.98 Å². The first-order chi connectivity index (χ1) is 8.24. The lowest BCUT2D eigenvalue weighted by Crippen LogP contribution is -2.06. The zero-order valence-electron chi connectivity index (χ0n) is 9.54. The van der Waals surface area contributed by atoms with Gasteiger partial charge in [0.05, 0.1) is 29.5 Å². The number of benzene rings is 1. The topological polar surface area (TPSA) is 61.7 Å². The van der Waals surface area contributed by atoms with Crippen molar-refractivity contribution in [3.8, 4) is 0 Å². The second-order valence-electron chi connectivity index (χ2n) is 4.05. The van der Waals surface area contributed by atoms with Crippen molar-refractivity contribution in [1.29, 1.82) is 0 Å². The molecule has 3 rings (SSSR count). The first-order valence-electron chi connectivity index (χ1n) is 5.42. The van der Waals surface area contributed by atoms with Crippen molar-refractivity contribution in [3.05, 3.63) is 42.5 Å². The van der Waals surface area contributed by atoms with E-state index in [-0.39, 0.29) is 0 Å². The minimum atomic E-state index is 0.627. The van der Waals surface area contributed by atoms with E-state index in [0.29, 0.717) is 12.2 Å². The minimum absolute atomic E-state index is 0.627. The number of rotatable bonds is 2. The highest BCUT2D eigenvalue weighted by atomic mass is 15.3. The van der Waals surface area contributed by atoms with Crippen molar-refractivity contribution in [3.63, 3.8) is 0 Å². The Balaban J connectivity index is 2.03. The van der Waals surface area contributed by atoms with Crippen molar-refractivity contribution in [2.45, 2.75) is 6.54 Å². The fourth-order valence-corrected chi connectivity index (χ4v) is 1.95. The average Bonchev–Trinajstić information content (AvgIpc) is 2.86. The monoisotopic (exact) mass is 227 g/mol. The van der Waals surface area contributed by atoms with Crippen LogP contribution in [0.4, 0.5) is 5.69 Å². The van der Waals surface area contributed by atoms with Gasteiger partial charge in [0.15, 0.2) is 0 Å². The van der Waals surface area contributed by atoms with E-state index in [1.165, 1.54) is 0 Å². The molecule has 0 atom stereocenters. The van der Waals surface area contributed by atoms with Crippen molar-refractivity contribution < 1.29 is 0 Å². The number of nitrogens with two attached hydrogens (primary N) is 1. The molecule has 0 fully saturated rings. The lowest BCUT2D eigenvalue weighted by Gasteiger charge is -2.02. The Hall–Kier alpha value is -2.30. The molecule has 3 aromatic rings. The van der Waals surface area contributed by atoms with Crippen molar-refractivity contribution >= 4 is 16.7 Å². The summed E-state index contributed by atoms with van der Waals surface area (Å²) in [6.07, 6.45) is 3.45. The molecule has 2 aromatic heterocycles. The number of nitrogen functional groups attached to an aromatic ring is 1. The first kappa shape index (κ1) is 9.89. The third-order valence-electron chi connectivity index (χ3n) is 2.84. The molecule has 17 heavy (non-hydrogen) atoms. The average molecular weight is 227 g/mol. The molecule has 5 heteroatoms. The van der Waals surface area contributed by atoms with E-state index in [2.05, 4.69) is 20.7 Å². The molecule has 2 heterocycles. The molecule has 0 aliphatic rings. The normalized spacial score (nSPS) is 11.1. The highest BCUT2D eigenvalue weighted by Crippen LogP contribution is 2.15. The van der Waals surface area contributed by atoms with Gasteiger partial charge in [0.1, 0.15) is 5.82 Å². The van der Waals surface area contributed by atoms with Crippen LogP contribution in [-0.2, 0) is 13.6 Å². The maximum Gasteiger partial charge on any atom is 0.131 e. The summed E-state index contributed by atoms with van der Waals surface area (Å²) in [5, 5.41) is 4.16. The number of para-hydroxylation sites is 2. The summed E-state index contributed by atoms with van der Waals surface area (Å²) >= 11 is 0. The number of fused-ring (bicyclic) bond motifs is 1. The van der Waals surface area contributed by atoms with Crippen LogP contribution in [0.3, 0.4) is 0 Å². The first-order valence-corrected chi connectivity index (χ1v) is 5.42. The fraction of sp³-hybridized carbons (Fsp3) is 0.167. The molecule has 5 nitrogen and oxygen atoms in total. The summed E-state index contributed by atoms with van der Waals surface area (Å²) < 4.78 is 3.86. The smallest absolute Gasteiger partial charge is 0.131 e. The zero-order chi connectivity index (χ0) is 11.8. The maximum absolute atomic E-state index is 5.63. The van der Waals surface area contributed by atoms with Gasteiger partial charge in [-0.05, 0) is 12.1 Å². The van der Waals surface area contributed by atoms with E-state index in [4.69, 9.17) is 5.73 Å². The number of hydrogen-bond donors (Lipinski definition) is 1. The van der Waals surface area contributed by atoms with Crippen LogP contribution in [0.25, 0.3) is 11.0 Å². The number of aryl methyl sites for hydroxylation is 1. The summed E-state index contributed by atoms with van der Waals surface area (Å²) in [6, 6.07) is 8.07. The van der Waals surface area contributed by atoms with Crippen LogP contribution in [-0.4, -0.2) is 19.3 Å². The zero-order valence-corrected chi connectivity index (χ0v) is 9.54. The largest absolute Gasteiger partial charge is 0.396 e. The Labute approximate surface area is 98.5 Å². The van der Waals surface area contributed by atoms with Gasteiger partial charge >= 0.3 is 0 Å². The predicted molar refractivity (Wildman–Crippen MR) is 66.5 cm³/mol. The SMILES string of the molecule is Cn1c(Cn2cc(N)cn2)nc2ccccc21. The quantitative estimate of drug-likeness (QED) is 0.719. The number of hydrogen-bond acceptors (Lipinski definition) is 3. The molecular formula is C12H13N5. The molecule has 2 N–H and O–H groups in total. The van der Waals surface area contributed by atoms with Gasteiger partial charge in [-0.15, -0.1) is 0 Å². The van der Waals surface area contributed by atoms with Gasteiger partial charge in [0.25, 0.3) is 0 Å². The Bertz CT molecular complexity index is 664. The Kier molecular flexibility index (Phi) is 2.11. The molecule has 0 aliphatic carbocycles. The summed E-state index contributed by atoms with van der Waals surface area (Å²) in [4.78, 5) is 4.58. The highest BCUT2D eigenvalue weighted by Gasteiger charge is 2.07. The maximum atomic E-state index is 5.63. The Morgan fingerprint density at radius 3 is 2.82 bits per heavy atom. The molecule has 0 saturated carbocycles. The third-order valence-corrected chi connectivity index (χ3v) is 2.84. The van der Waals surface area contributed by atoms with Crippen molar-refractivity contribution in [2.75, 3.05) is 5.73 Å². The van der Waals surface area contributed by atoms with E-state index in [9.17, 15) is 0 Å². The van der Waals surface area contributed by atoms with E-state index in [1.807, 2.05) is 25.2 Å². The van der Waals surface area contributed by atoms with Crippen LogP contribution in [0.1, 0.15) is 5.82 Å². The number of aromatic nitrogens is 4. The number of nitrogens with zero attached hydrogens (tertiary/aromatic N) is 4. The molecule has 0 spiro atoms. The van der Waals surface area contributed by atoms with Gasteiger partial charge in [0, 0.05) is 13.2 Å². The fourth-order valence-electron chi connectivity index (χ4n) is 1.95. The van der Waals surface area contributed by atoms with Gasteiger partial charge in [-0.2, -0.15) is 5.10 Å². The highest BCUT2D eigenvalue weighted by molar-refractivity contribution is 5.75. The van der Waals surface area contributed by atoms with Gasteiger partial charge in [-0.1, -0.05) is 12.1 Å². The lowest BCUT2D eigenvalue weighted by atomic mass is 10.3.